The molecule has 0 aromatic heterocycles. The molecule has 0 heterocycles. The third-order valence-corrected chi connectivity index (χ3v) is 2.51. The van der Waals surface area contributed by atoms with Crippen LogP contribution in [0.5, 0.6) is 0 Å². The Morgan fingerprint density at radius 2 is 2.15 bits per heavy atom. The van der Waals surface area contributed by atoms with Gasteiger partial charge >= 0.3 is 0 Å². The van der Waals surface area contributed by atoms with Gasteiger partial charge < -0.3 is 5.73 Å². The average molecular weight is 179 g/mol. The predicted octanol–water partition coefficient (Wildman–Crippen LogP) is 2.02. The Morgan fingerprint density at radius 3 is 2.62 bits per heavy atom. The van der Waals surface area contributed by atoms with Gasteiger partial charge in [-0.15, -0.1) is 0 Å². The van der Waals surface area contributed by atoms with Crippen LogP contribution in [0.4, 0.5) is 0 Å². The van der Waals surface area contributed by atoms with E-state index >= 15 is 0 Å². The van der Waals surface area contributed by atoms with E-state index in [4.69, 9.17) is 5.73 Å². The molecule has 0 aromatic carbocycles. The molecule has 0 aliphatic heterocycles. The van der Waals surface area contributed by atoms with Crippen molar-refractivity contribution in [2.45, 2.75) is 27.2 Å². The lowest BCUT2D eigenvalue weighted by Gasteiger charge is -2.30. The molecule has 2 heteroatoms. The van der Waals surface area contributed by atoms with Crippen LogP contribution < -0.4 is 5.73 Å². The molecule has 1 aliphatic carbocycles. The maximum absolute atomic E-state index is 10.9. The van der Waals surface area contributed by atoms with Crippen molar-refractivity contribution in [3.63, 3.8) is 0 Å². The van der Waals surface area contributed by atoms with E-state index in [2.05, 4.69) is 26.8 Å². The number of rotatable bonds is 1. The van der Waals surface area contributed by atoms with Gasteiger partial charge in [0.05, 0.1) is 0 Å². The van der Waals surface area contributed by atoms with Crippen LogP contribution in [-0.4, -0.2) is 5.91 Å². The van der Waals surface area contributed by atoms with Crippen LogP contribution in [0.3, 0.4) is 0 Å². The largest absolute Gasteiger partial charge is 0.366 e. The topological polar surface area (TPSA) is 43.1 Å². The molecule has 13 heavy (non-hydrogen) atoms. The summed E-state index contributed by atoms with van der Waals surface area (Å²) in [6, 6.07) is 0. The van der Waals surface area contributed by atoms with Crippen molar-refractivity contribution in [1.82, 2.24) is 0 Å². The Hall–Kier alpha value is -1.05. The minimum absolute atomic E-state index is 0.200. The Balaban J connectivity index is 2.76. The third kappa shape index (κ3) is 2.44. The molecule has 1 amide bonds. The molecule has 72 valence electrons. The maximum atomic E-state index is 10.9. The Morgan fingerprint density at radius 1 is 1.54 bits per heavy atom. The highest BCUT2D eigenvalue weighted by Gasteiger charge is 2.25. The molecule has 0 bridgehead atoms. The monoisotopic (exact) mass is 179 g/mol. The van der Waals surface area contributed by atoms with Crippen LogP contribution in [0.15, 0.2) is 23.8 Å². The van der Waals surface area contributed by atoms with Gasteiger partial charge in [-0.1, -0.05) is 39.0 Å². The fourth-order valence-corrected chi connectivity index (χ4v) is 1.46. The molecule has 1 aliphatic rings. The first kappa shape index (κ1) is 10.0. The van der Waals surface area contributed by atoms with Crippen molar-refractivity contribution in [3.05, 3.63) is 23.8 Å². The third-order valence-electron chi connectivity index (χ3n) is 2.51. The van der Waals surface area contributed by atoms with E-state index in [-0.39, 0.29) is 11.3 Å². The molecule has 2 nitrogen and oxygen atoms in total. The molecule has 0 fully saturated rings. The summed E-state index contributed by atoms with van der Waals surface area (Å²) in [5.41, 5.74) is 6.17. The second-order valence-electron chi connectivity index (χ2n) is 4.62. The van der Waals surface area contributed by atoms with E-state index < -0.39 is 0 Å². The minimum atomic E-state index is -0.293. The summed E-state index contributed by atoms with van der Waals surface area (Å²) in [6.07, 6.45) is 6.66. The summed E-state index contributed by atoms with van der Waals surface area (Å²) in [7, 11) is 0. The maximum Gasteiger partial charge on any atom is 0.244 e. The zero-order valence-electron chi connectivity index (χ0n) is 8.50. The molecule has 0 saturated heterocycles. The zero-order chi connectivity index (χ0) is 10.1. The van der Waals surface area contributed by atoms with Crippen molar-refractivity contribution in [1.29, 1.82) is 0 Å². The van der Waals surface area contributed by atoms with Gasteiger partial charge in [-0.2, -0.15) is 0 Å². The Labute approximate surface area is 79.5 Å². The van der Waals surface area contributed by atoms with E-state index in [0.717, 1.165) is 12.0 Å². The molecular weight excluding hydrogens is 162 g/mol. The zero-order valence-corrected chi connectivity index (χ0v) is 8.50. The van der Waals surface area contributed by atoms with Crippen LogP contribution in [0.25, 0.3) is 0 Å². The summed E-state index contributed by atoms with van der Waals surface area (Å²) in [5, 5.41) is 0. The highest BCUT2D eigenvalue weighted by atomic mass is 16.1. The van der Waals surface area contributed by atoms with Crippen molar-refractivity contribution in [2.75, 3.05) is 0 Å². The van der Waals surface area contributed by atoms with E-state index in [0.29, 0.717) is 5.92 Å². The number of carbonyl (C=O) groups is 1. The van der Waals surface area contributed by atoms with Crippen molar-refractivity contribution < 1.29 is 4.79 Å². The first-order valence-corrected chi connectivity index (χ1v) is 4.58. The van der Waals surface area contributed by atoms with Gasteiger partial charge in [0, 0.05) is 5.57 Å². The summed E-state index contributed by atoms with van der Waals surface area (Å²) in [6.45, 7) is 6.52. The normalized spacial score (nSPS) is 22.7. The lowest BCUT2D eigenvalue weighted by molar-refractivity contribution is -0.114. The van der Waals surface area contributed by atoms with E-state index in [9.17, 15) is 4.79 Å². The van der Waals surface area contributed by atoms with Gasteiger partial charge in [-0.25, -0.2) is 0 Å². The van der Waals surface area contributed by atoms with E-state index in [1.54, 1.807) is 0 Å². The van der Waals surface area contributed by atoms with Gasteiger partial charge in [0.1, 0.15) is 0 Å². The molecule has 1 rings (SSSR count). The second kappa shape index (κ2) is 3.36. The smallest absolute Gasteiger partial charge is 0.244 e. The molecule has 1 atom stereocenters. The van der Waals surface area contributed by atoms with Crippen molar-refractivity contribution in [2.24, 2.45) is 17.1 Å². The molecule has 0 radical (unpaired) electrons. The summed E-state index contributed by atoms with van der Waals surface area (Å²) in [5.74, 6) is 0.124. The highest BCUT2D eigenvalue weighted by molar-refractivity contribution is 5.92. The van der Waals surface area contributed by atoms with Crippen LogP contribution in [0, 0.1) is 11.3 Å². The number of hydrogen-bond donors (Lipinski definition) is 1. The SMILES string of the molecule is CC(C)(C)C1C=CC=C(C(N)=O)C1. The number of hydrogen-bond acceptors (Lipinski definition) is 1. The summed E-state index contributed by atoms with van der Waals surface area (Å²) in [4.78, 5) is 10.9. The van der Waals surface area contributed by atoms with Crippen LogP contribution in [-0.2, 0) is 4.79 Å². The van der Waals surface area contributed by atoms with Gasteiger partial charge in [0.15, 0.2) is 0 Å². The van der Waals surface area contributed by atoms with E-state index in [1.807, 2.05) is 12.2 Å². The average Bonchev–Trinajstić information content (AvgIpc) is 2.03. The van der Waals surface area contributed by atoms with Gasteiger partial charge in [-0.3, -0.25) is 4.79 Å². The Kier molecular flexibility index (Phi) is 2.60. The summed E-state index contributed by atoms with van der Waals surface area (Å²) < 4.78 is 0. The Bertz CT molecular complexity index is 268. The number of nitrogens with two attached hydrogens (primary N) is 1. The number of allylic oxidation sites excluding steroid dienone is 3. The van der Waals surface area contributed by atoms with Crippen LogP contribution >= 0.6 is 0 Å². The highest BCUT2D eigenvalue weighted by Crippen LogP contribution is 2.34. The number of amides is 1. The standard InChI is InChI=1S/C11H17NO/c1-11(2,3)9-6-4-5-8(7-9)10(12)13/h4-6,9H,7H2,1-3H3,(H2,12,13). The lowest BCUT2D eigenvalue weighted by Crippen LogP contribution is -2.24. The molecule has 2 N–H and O–H groups in total. The molecule has 0 spiro atoms. The molecule has 1 unspecified atom stereocenters. The van der Waals surface area contributed by atoms with Crippen LogP contribution in [0.1, 0.15) is 27.2 Å². The second-order valence-corrected chi connectivity index (χ2v) is 4.62. The van der Waals surface area contributed by atoms with Crippen molar-refractivity contribution >= 4 is 5.91 Å². The fourth-order valence-electron chi connectivity index (χ4n) is 1.46. The molecule has 0 aromatic rings. The number of primary amides is 1. The van der Waals surface area contributed by atoms with Crippen molar-refractivity contribution in [3.8, 4) is 0 Å². The van der Waals surface area contributed by atoms with E-state index in [1.165, 1.54) is 0 Å². The quantitative estimate of drug-likeness (QED) is 0.657. The lowest BCUT2D eigenvalue weighted by atomic mass is 9.75. The van der Waals surface area contributed by atoms with Gasteiger partial charge in [0.25, 0.3) is 0 Å². The fraction of sp³-hybridized carbons (Fsp3) is 0.545. The first-order chi connectivity index (χ1) is 5.91. The first-order valence-electron chi connectivity index (χ1n) is 4.58. The summed E-state index contributed by atoms with van der Waals surface area (Å²) >= 11 is 0. The van der Waals surface area contributed by atoms with Gasteiger partial charge in [-0.05, 0) is 17.8 Å². The van der Waals surface area contributed by atoms with Gasteiger partial charge in [0.2, 0.25) is 5.91 Å². The predicted molar refractivity (Wildman–Crippen MR) is 54.0 cm³/mol. The molecular formula is C11H17NO. The number of carbonyl (C=O) groups excluding carboxylic acids is 1. The van der Waals surface area contributed by atoms with Crippen LogP contribution in [0.2, 0.25) is 0 Å². The molecule has 0 saturated carbocycles. The minimum Gasteiger partial charge on any atom is -0.366 e.